The SMILES string of the molecule is CC(C)(COP(=O)([O-])OP(=O)([O-])OCC1OC(n2cnc3c(N)ncnc32)C(O)C1OP(=O)([O-])[O-])C(O)C(=O)NCCC(=O)NCCC(=O)CC(O)C[N+](C)(C)C.CC(C)(COP(=O)([O-])OP(=O)([O-])OCC1OC(n2cnc3c(N)ncnc32)C(O)C1OP(=O)([O-])[O-])C(O)C(=O)NCCC(=O)NCCC(=O)CCC[N+](C)(C)C.C[N+](C)(C)CCCC(=O)[O-].C[N+](C)(C)C[C@@H](O)CC(=O)[O-]. The first-order valence-electron chi connectivity index (χ1n) is 40.7. The zero-order valence-electron chi connectivity index (χ0n) is 76.6. The highest BCUT2D eigenvalue weighted by Crippen LogP contribution is 2.58. The predicted octanol–water partition coefficient (Wildman–Crippen LogP) is -11.0. The fourth-order valence-corrected chi connectivity index (χ4v) is 17.5. The molecule has 0 aliphatic carbocycles. The van der Waals surface area contributed by atoms with Gasteiger partial charge in [0.05, 0.1) is 152 Å². The Kier molecular flexibility index (Phi) is 46.9. The summed E-state index contributed by atoms with van der Waals surface area (Å²) in [5.41, 5.74) is 8.10. The van der Waals surface area contributed by atoms with Crippen molar-refractivity contribution in [3.8, 4) is 0 Å². The van der Waals surface area contributed by atoms with Gasteiger partial charge in [0, 0.05) is 107 Å². The number of carbonyl (C=O) groups is 8. The molecule has 134 heavy (non-hydrogen) atoms. The number of nitrogens with zero attached hydrogens (tertiary/aromatic N) is 12. The summed E-state index contributed by atoms with van der Waals surface area (Å²) >= 11 is 0. The first kappa shape index (κ1) is 121. The average Bonchev–Trinajstić information content (AvgIpc) is 1.62. The molecule has 4 amide bonds. The summed E-state index contributed by atoms with van der Waals surface area (Å²) in [5.74, 6) is -5.66. The molecule has 4 aromatic rings. The van der Waals surface area contributed by atoms with E-state index in [4.69, 9.17) is 26.0 Å². The second kappa shape index (κ2) is 51.9. The molecule has 58 nitrogen and oxygen atoms in total. The molecule has 0 bridgehead atoms. The number of rotatable bonds is 54. The third-order valence-corrected chi connectivity index (χ3v) is 24.5. The van der Waals surface area contributed by atoms with Crippen molar-refractivity contribution in [2.24, 2.45) is 10.8 Å². The van der Waals surface area contributed by atoms with Crippen LogP contribution in [0.2, 0.25) is 0 Å². The number of quaternary nitrogens is 4. The number of Topliss-reactive ketones (excluding diaryl/α,β-unsaturated/α-hetero) is 2. The van der Waals surface area contributed by atoms with Crippen LogP contribution in [-0.4, -0.2) is 359 Å². The van der Waals surface area contributed by atoms with E-state index in [1.807, 2.05) is 84.6 Å². The minimum Gasteiger partial charge on any atom is -0.790 e. The van der Waals surface area contributed by atoms with Crippen LogP contribution in [0.3, 0.4) is 0 Å². The van der Waals surface area contributed by atoms with Gasteiger partial charge in [0.15, 0.2) is 35.4 Å². The van der Waals surface area contributed by atoms with Crippen LogP contribution >= 0.6 is 46.9 Å². The molecule has 0 aromatic carbocycles. The number of nitrogens with two attached hydrogens (primary N) is 2. The summed E-state index contributed by atoms with van der Waals surface area (Å²) in [6.07, 6.45) is -15.2. The maximum Gasteiger partial charge on any atom is 0.274 e. The Bertz CT molecular complexity index is 4840. The van der Waals surface area contributed by atoms with Crippen molar-refractivity contribution in [2.75, 3.05) is 175 Å². The number of hydrogen-bond donors (Lipinski definition) is 12. The fraction of sp³-hybridized carbons (Fsp3) is 0.743. The number of fused-ring (bicyclic) bond motifs is 2. The molecular weight excluding hydrogens is 1920 g/mol. The number of imidazole rings is 2. The van der Waals surface area contributed by atoms with Crippen LogP contribution in [0.25, 0.3) is 22.3 Å². The maximum atomic E-state index is 12.5. The van der Waals surface area contributed by atoms with Crippen molar-refractivity contribution in [1.82, 2.24) is 60.3 Å². The number of aliphatic carboxylic acids is 2. The van der Waals surface area contributed by atoms with E-state index in [0.29, 0.717) is 41.3 Å². The standard InChI is InChI=1S/C28H49N8O18P3.C28H49N8O17P3.C7H15NO3.C7H15NO2/c1-28(2,23(41)26(42)31-9-7-19(39)30-8-6-16(37)10-17(38)11-36(3,4)5)13-51-57(48,49)54-56(46,47)50-12-18-22(53-55(43,44)45)21(40)27(52-18)35-15-34-20-24(29)32-14-33-25(20)35;1-28(2,23(40)26(41)31-11-9-19(38)30-10-8-17(37)7-6-12-36(3,4)5)14-50-56(47,48)53-55(45,46)49-13-18-22(52-54(42,43)44)21(39)27(51-18)35-16-34-20-24(29)32-15-33-25(20)35;1-8(2,3)5-6(9)4-7(10)11;1-8(2,3)6-4-5-7(9)10/h14-15,17-18,21-23,27,38,40-41H,6-13H2,1-5H3,(H7-,29,30,31,32,33,39,42,43,44,45,46,47,48,49);15-16,18,21-23,27,39-40H,6-14H2,1-5H3,(H7-,29,30,31,32,33,38,41,42,43,44,45,46,47,48);6,9H,4-5H2,1-3H3;4-6H2,1-3H3/p-6/t;;6-;/m..0./s1. The van der Waals surface area contributed by atoms with Gasteiger partial charge in [0.2, 0.25) is 23.6 Å². The number of ketones is 2. The molecule has 4 aromatic heterocycles. The Morgan fingerprint density at radius 1 is 0.463 bits per heavy atom. The molecule has 2 aliphatic rings. The van der Waals surface area contributed by atoms with E-state index >= 15 is 0 Å². The number of aliphatic hydroxyl groups is 6. The lowest BCUT2D eigenvalue weighted by Gasteiger charge is -2.36. The number of phosphoric ester groups is 6. The fourth-order valence-electron chi connectivity index (χ4n) is 12.0. The Balaban J connectivity index is 0.000000566. The van der Waals surface area contributed by atoms with Crippen molar-refractivity contribution >= 4 is 128 Å². The van der Waals surface area contributed by atoms with Crippen molar-refractivity contribution < 1.29 is 209 Å². The molecule has 14 N–H and O–H groups in total. The van der Waals surface area contributed by atoms with E-state index in [1.54, 1.807) is 0 Å². The molecule has 2 aliphatic heterocycles. The smallest absolute Gasteiger partial charge is 0.274 e. The quantitative estimate of drug-likeness (QED) is 0.0144. The first-order chi connectivity index (χ1) is 61.0. The number of anilines is 2. The van der Waals surface area contributed by atoms with Crippen LogP contribution in [0, 0.1) is 10.8 Å². The van der Waals surface area contributed by atoms with Crippen LogP contribution in [0.5, 0.6) is 0 Å². The van der Waals surface area contributed by atoms with Gasteiger partial charge in [-0.25, -0.2) is 38.5 Å². The van der Waals surface area contributed by atoms with Gasteiger partial charge in [0.25, 0.3) is 31.3 Å². The Labute approximate surface area is 770 Å². The van der Waals surface area contributed by atoms with Crippen molar-refractivity contribution in [3.63, 3.8) is 0 Å². The largest absolute Gasteiger partial charge is 0.790 e. The summed E-state index contributed by atoms with van der Waals surface area (Å²) in [6.45, 7) is 2.28. The number of amides is 4. The Morgan fingerprint density at radius 2 is 0.799 bits per heavy atom. The highest BCUT2D eigenvalue weighted by Gasteiger charge is 2.50. The number of carboxylic acids is 2. The number of nitrogen functional groups attached to an aromatic ring is 2. The van der Waals surface area contributed by atoms with Gasteiger partial charge in [-0.05, 0) is 6.42 Å². The number of nitrogens with one attached hydrogen (secondary N) is 4. The topological polar surface area (TPSA) is 871 Å². The van der Waals surface area contributed by atoms with Crippen LogP contribution < -0.4 is 82.1 Å². The normalized spacial score (nSPS) is 20.8. The van der Waals surface area contributed by atoms with E-state index < -0.39 is 193 Å². The molecule has 16 atom stereocenters. The summed E-state index contributed by atoms with van der Waals surface area (Å²) in [5, 5.41) is 91.4. The minimum atomic E-state index is -5.93. The lowest BCUT2D eigenvalue weighted by molar-refractivity contribution is -0.873. The number of aromatic nitrogens is 8. The Hall–Kier alpha value is -6.88. The molecule has 0 radical (unpaired) electrons. The highest BCUT2D eigenvalue weighted by molar-refractivity contribution is 7.60. The first-order valence-corrected chi connectivity index (χ1v) is 49.4. The monoisotopic (exact) mass is 2040 g/mol. The second-order valence-electron chi connectivity index (χ2n) is 36.2. The van der Waals surface area contributed by atoms with E-state index in [9.17, 15) is 141 Å². The van der Waals surface area contributed by atoms with Gasteiger partial charge < -0.3 is 186 Å². The minimum absolute atomic E-state index is 0.00424. The van der Waals surface area contributed by atoms with E-state index in [1.165, 1.54) is 27.7 Å². The third-order valence-electron chi connectivity index (χ3n) is 18.4. The molecule has 2 fully saturated rings. The molecular formula is C70H122N18O40P6-6. The molecule has 6 heterocycles. The molecule has 15 unspecified atom stereocenters. The van der Waals surface area contributed by atoms with Crippen molar-refractivity contribution in [1.29, 1.82) is 0 Å². The van der Waals surface area contributed by atoms with Gasteiger partial charge >= 0.3 is 0 Å². The lowest BCUT2D eigenvalue weighted by Crippen LogP contribution is -2.46. The number of phosphoric acid groups is 6. The van der Waals surface area contributed by atoms with Gasteiger partial charge in [-0.1, -0.05) is 27.7 Å². The molecule has 2 saturated heterocycles. The summed E-state index contributed by atoms with van der Waals surface area (Å²) in [6, 6.07) is 0. The van der Waals surface area contributed by atoms with E-state index in [2.05, 4.69) is 86.9 Å². The number of carbonyl (C=O) groups excluding carboxylic acids is 8. The zero-order valence-corrected chi connectivity index (χ0v) is 81.9. The van der Waals surface area contributed by atoms with Gasteiger partial charge in [-0.2, -0.15) is 0 Å². The maximum absolute atomic E-state index is 12.5. The van der Waals surface area contributed by atoms with Crippen LogP contribution in [0.4, 0.5) is 11.6 Å². The van der Waals surface area contributed by atoms with Crippen LogP contribution in [0.15, 0.2) is 25.3 Å². The number of ether oxygens (including phenoxy) is 2. The van der Waals surface area contributed by atoms with Gasteiger partial charge in [-0.3, -0.25) is 56.2 Å². The molecule has 6 rings (SSSR count). The lowest BCUT2D eigenvalue weighted by atomic mass is 9.87. The van der Waals surface area contributed by atoms with Crippen molar-refractivity contribution in [3.05, 3.63) is 25.3 Å². The van der Waals surface area contributed by atoms with E-state index in [0.717, 1.165) is 56.5 Å². The van der Waals surface area contributed by atoms with Crippen molar-refractivity contribution in [2.45, 2.75) is 165 Å². The summed E-state index contributed by atoms with van der Waals surface area (Å²) < 4.78 is 123. The molecule has 0 saturated carbocycles. The molecule has 768 valence electrons. The van der Waals surface area contributed by atoms with Gasteiger partial charge in [0.1, 0.15) is 109 Å². The van der Waals surface area contributed by atoms with Crippen LogP contribution in [-0.2, 0) is 111 Å². The molecule has 64 heteroatoms. The average molecular weight is 2040 g/mol. The number of aliphatic hydroxyl groups excluding tert-OH is 6. The predicted molar refractivity (Wildman–Crippen MR) is 442 cm³/mol. The number of hydrogen-bond acceptors (Lipinski definition) is 48. The third kappa shape index (κ3) is 46.7. The zero-order chi connectivity index (χ0) is 103. The number of carboxylic acid groups (broad SMARTS) is 2. The highest BCUT2D eigenvalue weighted by atomic mass is 31.3. The molecule has 0 spiro atoms. The summed E-state index contributed by atoms with van der Waals surface area (Å²) in [7, 11) is -11.8. The second-order valence-corrected chi connectivity index (χ2v) is 44.3. The van der Waals surface area contributed by atoms with Crippen LogP contribution in [0.1, 0.15) is 104 Å². The number of likely N-dealkylation sites (N-methyl/N-ethyl adjacent to an activating group) is 2. The van der Waals surface area contributed by atoms with E-state index in [-0.39, 0.29) is 117 Å². The Morgan fingerprint density at radius 3 is 1.13 bits per heavy atom. The van der Waals surface area contributed by atoms with Gasteiger partial charge in [-0.15, -0.1) is 0 Å². The summed E-state index contributed by atoms with van der Waals surface area (Å²) in [4.78, 5) is 212.